The third kappa shape index (κ3) is 5.14. The number of rotatable bonds is 6. The summed E-state index contributed by atoms with van der Waals surface area (Å²) in [6.07, 6.45) is -0.932. The van der Waals surface area contributed by atoms with Crippen molar-refractivity contribution in [2.24, 2.45) is 9.98 Å². The highest BCUT2D eigenvalue weighted by Gasteiger charge is 2.38. The molecule has 2 heterocycles. The van der Waals surface area contributed by atoms with Crippen LogP contribution in [0.25, 0.3) is 0 Å². The van der Waals surface area contributed by atoms with Crippen LogP contribution < -0.4 is 10.2 Å². The summed E-state index contributed by atoms with van der Waals surface area (Å²) in [4.78, 5) is 61.2. The Morgan fingerprint density at radius 1 is 1.10 bits per heavy atom. The lowest BCUT2D eigenvalue weighted by Gasteiger charge is -2.21. The van der Waals surface area contributed by atoms with E-state index in [0.717, 1.165) is 0 Å². The van der Waals surface area contributed by atoms with E-state index < -0.39 is 28.9 Å². The van der Waals surface area contributed by atoms with Crippen molar-refractivity contribution in [1.82, 2.24) is 5.32 Å². The number of anilines is 1. The third-order valence-corrected chi connectivity index (χ3v) is 6.82. The molecule has 3 aromatic carbocycles. The molecule has 0 saturated carbocycles. The summed E-state index contributed by atoms with van der Waals surface area (Å²) in [6, 6.07) is 16.0. The van der Waals surface area contributed by atoms with Gasteiger partial charge < -0.3 is 19.7 Å². The topological polar surface area (TPSA) is 153 Å². The monoisotopic (exact) mass is 555 g/mol. The van der Waals surface area contributed by atoms with Crippen molar-refractivity contribution in [3.8, 4) is 0 Å². The lowest BCUT2D eigenvalue weighted by Crippen LogP contribution is -2.47. The van der Waals surface area contributed by atoms with Gasteiger partial charge in [0.15, 0.2) is 5.90 Å². The van der Waals surface area contributed by atoms with E-state index in [4.69, 9.17) is 9.47 Å². The average molecular weight is 556 g/mol. The Hall–Kier alpha value is -5.39. The second-order valence-corrected chi connectivity index (χ2v) is 9.28. The van der Waals surface area contributed by atoms with E-state index in [1.165, 1.54) is 49.5 Å². The van der Waals surface area contributed by atoms with Crippen LogP contribution in [0.2, 0.25) is 0 Å². The normalized spacial score (nSPS) is 15.9. The van der Waals surface area contributed by atoms with Gasteiger partial charge in [0.05, 0.1) is 47.4 Å². The second-order valence-electron chi connectivity index (χ2n) is 9.28. The molecule has 12 nitrogen and oxygen atoms in total. The summed E-state index contributed by atoms with van der Waals surface area (Å²) in [5.74, 6) is -1.54. The molecule has 1 atom stereocenters. The maximum Gasteiger partial charge on any atom is 0.337 e. The average Bonchev–Trinajstić information content (AvgIpc) is 3.37. The first-order valence-electron chi connectivity index (χ1n) is 12.6. The molecule has 0 aromatic heterocycles. The summed E-state index contributed by atoms with van der Waals surface area (Å²) in [5, 5.41) is 14.4. The number of hydrogen-bond donors (Lipinski definition) is 1. The smallest absolute Gasteiger partial charge is 0.337 e. The molecule has 0 fully saturated rings. The fourth-order valence-electron chi connectivity index (χ4n) is 4.84. The van der Waals surface area contributed by atoms with Crippen LogP contribution in [0.1, 0.15) is 44.3 Å². The van der Waals surface area contributed by atoms with Crippen molar-refractivity contribution in [2.75, 3.05) is 25.7 Å². The molecule has 2 aliphatic heterocycles. The molecule has 0 aliphatic carbocycles. The van der Waals surface area contributed by atoms with Crippen molar-refractivity contribution >= 4 is 46.5 Å². The van der Waals surface area contributed by atoms with Crippen LogP contribution in [0.15, 0.2) is 70.6 Å². The second kappa shape index (κ2) is 11.0. The number of amides is 2. The molecule has 12 heteroatoms. The summed E-state index contributed by atoms with van der Waals surface area (Å²) < 4.78 is 9.91. The Morgan fingerprint density at radius 3 is 2.54 bits per heavy atom. The van der Waals surface area contributed by atoms with Crippen LogP contribution in [0, 0.1) is 10.1 Å². The molecule has 0 spiro atoms. The van der Waals surface area contributed by atoms with Gasteiger partial charge in [0.2, 0.25) is 6.17 Å². The quantitative estimate of drug-likeness (QED) is 0.160. The Balaban J connectivity index is 1.61. The highest BCUT2D eigenvalue weighted by Crippen LogP contribution is 2.39. The number of nitro groups is 1. The van der Waals surface area contributed by atoms with Gasteiger partial charge in [-0.3, -0.25) is 19.7 Å². The summed E-state index contributed by atoms with van der Waals surface area (Å²) in [7, 11) is 2.65. The zero-order valence-corrected chi connectivity index (χ0v) is 22.4. The maximum absolute atomic E-state index is 13.8. The predicted octanol–water partition coefficient (Wildman–Crippen LogP) is 3.57. The van der Waals surface area contributed by atoms with Gasteiger partial charge in [-0.2, -0.15) is 0 Å². The van der Waals surface area contributed by atoms with Gasteiger partial charge in [0.25, 0.3) is 17.5 Å². The number of benzene rings is 3. The predicted molar refractivity (Wildman–Crippen MR) is 150 cm³/mol. The fraction of sp³-hybridized carbons (Fsp3) is 0.207. The molecule has 0 unspecified atom stereocenters. The van der Waals surface area contributed by atoms with Crippen molar-refractivity contribution in [2.45, 2.75) is 19.5 Å². The number of non-ortho nitro benzene ring substituents is 1. The molecule has 0 saturated heterocycles. The van der Waals surface area contributed by atoms with Crippen LogP contribution in [0.4, 0.5) is 17.1 Å². The Morgan fingerprint density at radius 2 is 1.85 bits per heavy atom. The summed E-state index contributed by atoms with van der Waals surface area (Å²) >= 11 is 0. The van der Waals surface area contributed by atoms with Crippen molar-refractivity contribution in [3.63, 3.8) is 0 Å². The number of hydrogen-bond acceptors (Lipinski definition) is 9. The van der Waals surface area contributed by atoms with Gasteiger partial charge in [-0.1, -0.05) is 30.3 Å². The third-order valence-electron chi connectivity index (χ3n) is 6.82. The first kappa shape index (κ1) is 27.2. The number of nitrogens with one attached hydrogen (secondary N) is 1. The number of methoxy groups -OCH3 is 2. The van der Waals surface area contributed by atoms with Crippen LogP contribution in [-0.2, 0) is 20.7 Å². The van der Waals surface area contributed by atoms with Crippen molar-refractivity contribution in [3.05, 3.63) is 98.6 Å². The molecule has 5 rings (SSSR count). The number of esters is 1. The lowest BCUT2D eigenvalue weighted by molar-refractivity contribution is -0.384. The largest absolute Gasteiger partial charge is 0.484 e. The van der Waals surface area contributed by atoms with Gasteiger partial charge in [-0.15, -0.1) is 0 Å². The van der Waals surface area contributed by atoms with Crippen LogP contribution >= 0.6 is 0 Å². The molecule has 208 valence electrons. The molecule has 41 heavy (non-hydrogen) atoms. The molecular weight excluding hydrogens is 530 g/mol. The first-order valence-corrected chi connectivity index (χ1v) is 12.6. The first-order chi connectivity index (χ1) is 19.7. The molecule has 3 aromatic rings. The Bertz CT molecular complexity index is 1650. The van der Waals surface area contributed by atoms with Crippen molar-refractivity contribution < 1.29 is 28.8 Å². The number of nitro benzene ring substituents is 1. The molecule has 2 amide bonds. The van der Waals surface area contributed by atoms with Crippen LogP contribution in [0.3, 0.4) is 0 Å². The maximum atomic E-state index is 13.8. The minimum absolute atomic E-state index is 0.0674. The van der Waals surface area contributed by atoms with E-state index in [9.17, 15) is 24.5 Å². The van der Waals surface area contributed by atoms with E-state index in [0.29, 0.717) is 34.5 Å². The van der Waals surface area contributed by atoms with Gasteiger partial charge in [0.1, 0.15) is 0 Å². The van der Waals surface area contributed by atoms with Gasteiger partial charge in [0, 0.05) is 36.7 Å². The highest BCUT2D eigenvalue weighted by molar-refractivity contribution is 6.21. The zero-order chi connectivity index (χ0) is 29.3. The molecule has 2 aliphatic rings. The van der Waals surface area contributed by atoms with E-state index >= 15 is 0 Å². The number of carbonyl (C=O) groups excluding carboxylic acids is 3. The number of aliphatic imine (C=N–C) groups is 2. The number of ether oxygens (including phenoxy) is 2. The fourth-order valence-corrected chi connectivity index (χ4v) is 4.84. The standard InChI is InChI=1S/C29H25N5O7/c1-16(40-2)30-23-14-19(29(37)41-3)9-10-21(23)27(35)32-26-28(36)33-12-11-18-13-20(34(38)39)15-22(25(18)33)24(31-26)17-7-5-4-6-8-17/h4-10,13-15,26H,11-12H2,1-3H3,(H,32,35)/t26-/m0/s1. The lowest BCUT2D eigenvalue weighted by atomic mass is 9.97. The van der Waals surface area contributed by atoms with Gasteiger partial charge in [-0.05, 0) is 30.2 Å². The highest BCUT2D eigenvalue weighted by atomic mass is 16.6. The summed E-state index contributed by atoms with van der Waals surface area (Å²) in [5.41, 5.74) is 2.85. The minimum atomic E-state index is -1.35. The van der Waals surface area contributed by atoms with Gasteiger partial charge >= 0.3 is 5.97 Å². The Labute approximate surface area is 234 Å². The number of nitrogens with zero attached hydrogens (tertiary/aromatic N) is 4. The molecule has 1 N–H and O–H groups in total. The molecule has 0 radical (unpaired) electrons. The zero-order valence-electron chi connectivity index (χ0n) is 22.4. The van der Waals surface area contributed by atoms with Crippen LogP contribution in [0.5, 0.6) is 0 Å². The molecular formula is C29H25N5O7. The van der Waals surface area contributed by atoms with Crippen LogP contribution in [-0.4, -0.2) is 61.2 Å². The SMILES string of the molecule is COC(=O)c1ccc(C(=O)N[C@@H]2N=C(c3ccccc3)c3cc([N+](=O)[O-])cc4c3N(CC4)C2=O)c(N=C(C)OC)c1. The molecule has 0 bridgehead atoms. The number of carbonyl (C=O) groups is 3. The van der Waals surface area contributed by atoms with Gasteiger partial charge in [-0.25, -0.2) is 14.8 Å². The van der Waals surface area contributed by atoms with E-state index in [1.807, 2.05) is 6.07 Å². The Kier molecular flexibility index (Phi) is 7.30. The van der Waals surface area contributed by atoms with Crippen molar-refractivity contribution in [1.29, 1.82) is 0 Å². The van der Waals surface area contributed by atoms with E-state index in [2.05, 4.69) is 15.3 Å². The van der Waals surface area contributed by atoms with E-state index in [1.54, 1.807) is 31.2 Å². The minimum Gasteiger partial charge on any atom is -0.484 e. The van der Waals surface area contributed by atoms with E-state index in [-0.39, 0.29) is 34.9 Å². The summed E-state index contributed by atoms with van der Waals surface area (Å²) in [6.45, 7) is 1.86.